The molecule has 2 rings (SSSR count). The molecule has 1 aromatic carbocycles. The largest absolute Gasteiger partial charge is 0.330 e. The molecule has 0 aliphatic heterocycles. The third-order valence-corrected chi connectivity index (χ3v) is 4.05. The zero-order chi connectivity index (χ0) is 13.5. The van der Waals surface area contributed by atoms with Gasteiger partial charge in [-0.3, -0.25) is 0 Å². The number of nitrogens with zero attached hydrogens (tertiary/aromatic N) is 4. The van der Waals surface area contributed by atoms with E-state index in [2.05, 4.69) is 46.7 Å². The predicted molar refractivity (Wildman–Crippen MR) is 76.8 cm³/mol. The Labute approximate surface area is 117 Å². The predicted octanol–water partition coefficient (Wildman–Crippen LogP) is 2.01. The van der Waals surface area contributed by atoms with Gasteiger partial charge in [-0.2, -0.15) is 0 Å². The van der Waals surface area contributed by atoms with E-state index in [1.165, 1.54) is 10.5 Å². The first kappa shape index (κ1) is 14.0. The summed E-state index contributed by atoms with van der Waals surface area (Å²) in [4.78, 5) is 1.28. The molecule has 0 saturated heterocycles. The van der Waals surface area contributed by atoms with Crippen molar-refractivity contribution in [3.8, 4) is 0 Å². The summed E-state index contributed by atoms with van der Waals surface area (Å²) in [6.45, 7) is 3.68. The Balaban J connectivity index is 1.93. The lowest BCUT2D eigenvalue weighted by Crippen LogP contribution is -2.07. The average molecular weight is 277 g/mol. The van der Waals surface area contributed by atoms with Gasteiger partial charge in [0.05, 0.1) is 5.75 Å². The molecular weight excluding hydrogens is 258 g/mol. The van der Waals surface area contributed by atoms with Crippen LogP contribution in [0.5, 0.6) is 0 Å². The number of aromatic nitrogens is 4. The van der Waals surface area contributed by atoms with Gasteiger partial charge in [0.25, 0.3) is 0 Å². The van der Waals surface area contributed by atoms with Crippen LogP contribution in [0.25, 0.3) is 0 Å². The SMILES string of the molecule is Cc1ccccc1SCc1nnnn1CCCCN. The molecule has 0 saturated carbocycles. The van der Waals surface area contributed by atoms with Crippen LogP contribution in [-0.4, -0.2) is 26.8 Å². The van der Waals surface area contributed by atoms with Gasteiger partial charge in [-0.25, -0.2) is 4.68 Å². The van der Waals surface area contributed by atoms with Crippen LogP contribution in [0.3, 0.4) is 0 Å². The molecule has 102 valence electrons. The van der Waals surface area contributed by atoms with Gasteiger partial charge in [0, 0.05) is 11.4 Å². The second kappa shape index (κ2) is 7.25. The molecule has 0 bridgehead atoms. The maximum atomic E-state index is 5.49. The maximum Gasteiger partial charge on any atom is 0.161 e. The van der Waals surface area contributed by atoms with Gasteiger partial charge in [-0.1, -0.05) is 18.2 Å². The number of aryl methyl sites for hydroxylation is 2. The van der Waals surface area contributed by atoms with Crippen LogP contribution < -0.4 is 5.73 Å². The van der Waals surface area contributed by atoms with Crippen LogP contribution in [0.2, 0.25) is 0 Å². The Morgan fingerprint density at radius 3 is 2.89 bits per heavy atom. The fourth-order valence-electron chi connectivity index (χ4n) is 1.77. The second-order valence-corrected chi connectivity index (χ2v) is 5.39. The minimum atomic E-state index is 0.718. The smallest absolute Gasteiger partial charge is 0.161 e. The van der Waals surface area contributed by atoms with Gasteiger partial charge < -0.3 is 5.73 Å². The quantitative estimate of drug-likeness (QED) is 0.619. The topological polar surface area (TPSA) is 69.6 Å². The van der Waals surface area contributed by atoms with Crippen molar-refractivity contribution < 1.29 is 0 Å². The number of rotatable bonds is 7. The van der Waals surface area contributed by atoms with E-state index in [1.807, 2.05) is 4.68 Å². The number of unbranched alkanes of at least 4 members (excludes halogenated alkanes) is 1. The molecule has 1 aromatic heterocycles. The molecular formula is C13H19N5S. The monoisotopic (exact) mass is 277 g/mol. The van der Waals surface area contributed by atoms with Crippen molar-refractivity contribution in [1.82, 2.24) is 20.2 Å². The molecule has 0 fully saturated rings. The number of nitrogens with two attached hydrogens (primary N) is 1. The van der Waals surface area contributed by atoms with Gasteiger partial charge in [-0.15, -0.1) is 16.9 Å². The molecule has 19 heavy (non-hydrogen) atoms. The first-order chi connectivity index (χ1) is 9.31. The van der Waals surface area contributed by atoms with Gasteiger partial charge in [0.1, 0.15) is 0 Å². The fraction of sp³-hybridized carbons (Fsp3) is 0.462. The zero-order valence-corrected chi connectivity index (χ0v) is 11.9. The third kappa shape index (κ3) is 4.04. The number of tetrazole rings is 1. The highest BCUT2D eigenvalue weighted by Gasteiger charge is 2.07. The molecule has 2 N–H and O–H groups in total. The molecule has 0 aliphatic carbocycles. The van der Waals surface area contributed by atoms with Crippen molar-refractivity contribution >= 4 is 11.8 Å². The van der Waals surface area contributed by atoms with Gasteiger partial charge >= 0.3 is 0 Å². The Kier molecular flexibility index (Phi) is 5.35. The van der Waals surface area contributed by atoms with E-state index in [0.717, 1.165) is 37.5 Å². The average Bonchev–Trinajstić information content (AvgIpc) is 2.86. The summed E-state index contributed by atoms with van der Waals surface area (Å²) < 4.78 is 1.88. The second-order valence-electron chi connectivity index (χ2n) is 4.37. The molecule has 6 heteroatoms. The fourth-order valence-corrected chi connectivity index (χ4v) is 2.73. The van der Waals surface area contributed by atoms with Crippen molar-refractivity contribution in [2.75, 3.05) is 6.54 Å². The van der Waals surface area contributed by atoms with Crippen LogP contribution in [-0.2, 0) is 12.3 Å². The van der Waals surface area contributed by atoms with E-state index in [-0.39, 0.29) is 0 Å². The molecule has 0 unspecified atom stereocenters. The molecule has 0 atom stereocenters. The molecule has 0 radical (unpaired) electrons. The van der Waals surface area contributed by atoms with Crippen LogP contribution >= 0.6 is 11.8 Å². The Hall–Kier alpha value is -1.40. The minimum absolute atomic E-state index is 0.718. The maximum absolute atomic E-state index is 5.49. The number of benzene rings is 1. The van der Waals surface area contributed by atoms with Crippen molar-refractivity contribution in [1.29, 1.82) is 0 Å². The molecule has 0 aliphatic rings. The highest BCUT2D eigenvalue weighted by molar-refractivity contribution is 7.98. The normalized spacial score (nSPS) is 10.8. The summed E-state index contributed by atoms with van der Waals surface area (Å²) in [6, 6.07) is 8.35. The van der Waals surface area contributed by atoms with Crippen LogP contribution in [0.4, 0.5) is 0 Å². The molecule has 0 spiro atoms. The number of hydrogen-bond acceptors (Lipinski definition) is 5. The van der Waals surface area contributed by atoms with E-state index in [9.17, 15) is 0 Å². The zero-order valence-electron chi connectivity index (χ0n) is 11.1. The summed E-state index contributed by atoms with van der Waals surface area (Å²) in [5.74, 6) is 1.71. The van der Waals surface area contributed by atoms with Crippen LogP contribution in [0, 0.1) is 6.92 Å². The number of thioether (sulfide) groups is 1. The van der Waals surface area contributed by atoms with Crippen molar-refractivity contribution in [2.24, 2.45) is 5.73 Å². The van der Waals surface area contributed by atoms with E-state index >= 15 is 0 Å². The first-order valence-electron chi connectivity index (χ1n) is 6.45. The molecule has 5 nitrogen and oxygen atoms in total. The molecule has 2 aromatic rings. The van der Waals surface area contributed by atoms with Gasteiger partial charge in [-0.05, 0) is 48.4 Å². The van der Waals surface area contributed by atoms with E-state index in [1.54, 1.807) is 11.8 Å². The summed E-state index contributed by atoms with van der Waals surface area (Å²) in [7, 11) is 0. The van der Waals surface area contributed by atoms with E-state index in [0.29, 0.717) is 0 Å². The van der Waals surface area contributed by atoms with Crippen molar-refractivity contribution in [2.45, 2.75) is 37.0 Å². The lowest BCUT2D eigenvalue weighted by atomic mass is 10.2. The summed E-state index contributed by atoms with van der Waals surface area (Å²) in [5.41, 5.74) is 6.78. The minimum Gasteiger partial charge on any atom is -0.330 e. The standard InChI is InChI=1S/C13H19N5S/c1-11-6-2-3-7-12(11)19-10-13-15-16-17-18(13)9-5-4-8-14/h2-3,6-7H,4-5,8-10,14H2,1H3. The summed E-state index contributed by atoms with van der Waals surface area (Å²) >= 11 is 1.77. The van der Waals surface area contributed by atoms with Crippen molar-refractivity contribution in [3.63, 3.8) is 0 Å². The molecule has 0 amide bonds. The third-order valence-electron chi connectivity index (χ3n) is 2.88. The lowest BCUT2D eigenvalue weighted by Gasteiger charge is -2.06. The van der Waals surface area contributed by atoms with Gasteiger partial charge in [0.2, 0.25) is 0 Å². The van der Waals surface area contributed by atoms with Crippen molar-refractivity contribution in [3.05, 3.63) is 35.7 Å². The first-order valence-corrected chi connectivity index (χ1v) is 7.43. The van der Waals surface area contributed by atoms with Crippen LogP contribution in [0.1, 0.15) is 24.2 Å². The Bertz CT molecular complexity index is 511. The summed E-state index contributed by atoms with van der Waals surface area (Å²) in [5, 5.41) is 11.9. The van der Waals surface area contributed by atoms with E-state index < -0.39 is 0 Å². The lowest BCUT2D eigenvalue weighted by molar-refractivity contribution is 0.532. The Morgan fingerprint density at radius 2 is 2.11 bits per heavy atom. The van der Waals surface area contributed by atoms with E-state index in [4.69, 9.17) is 5.73 Å². The Morgan fingerprint density at radius 1 is 1.26 bits per heavy atom. The van der Waals surface area contributed by atoms with Crippen LogP contribution in [0.15, 0.2) is 29.2 Å². The summed E-state index contributed by atoms with van der Waals surface area (Å²) in [6.07, 6.45) is 2.02. The highest BCUT2D eigenvalue weighted by Crippen LogP contribution is 2.24. The highest BCUT2D eigenvalue weighted by atomic mass is 32.2. The van der Waals surface area contributed by atoms with Gasteiger partial charge in [0.15, 0.2) is 5.82 Å². The number of hydrogen-bond donors (Lipinski definition) is 1. The molecule has 1 heterocycles.